The predicted molar refractivity (Wildman–Crippen MR) is 119 cm³/mol. The van der Waals surface area contributed by atoms with E-state index in [0.717, 1.165) is 36.3 Å². The van der Waals surface area contributed by atoms with Crippen molar-refractivity contribution in [1.29, 1.82) is 5.26 Å². The molecule has 0 saturated carbocycles. The number of hydrogen-bond acceptors (Lipinski definition) is 8. The summed E-state index contributed by atoms with van der Waals surface area (Å²) >= 11 is 0. The van der Waals surface area contributed by atoms with Crippen LogP contribution in [0.15, 0.2) is 59.3 Å². The highest BCUT2D eigenvalue weighted by molar-refractivity contribution is 5.62. The molecule has 0 atom stereocenters. The molecule has 5 rings (SSSR count). The molecule has 4 aromatic rings. The van der Waals surface area contributed by atoms with Crippen molar-refractivity contribution in [3.63, 3.8) is 0 Å². The Morgan fingerprint density at radius 1 is 1.12 bits per heavy atom. The summed E-state index contributed by atoms with van der Waals surface area (Å²) in [5, 5.41) is 20.3. The van der Waals surface area contributed by atoms with Gasteiger partial charge in [-0.25, -0.2) is 14.4 Å². The van der Waals surface area contributed by atoms with Crippen LogP contribution < -0.4 is 5.32 Å². The summed E-state index contributed by atoms with van der Waals surface area (Å²) in [5.74, 6) is 1.16. The van der Waals surface area contributed by atoms with Crippen molar-refractivity contribution in [1.82, 2.24) is 25.1 Å². The third-order valence-electron chi connectivity index (χ3n) is 5.56. The molecule has 1 aliphatic heterocycles. The zero-order valence-electron chi connectivity index (χ0n) is 17.7. The molecule has 164 valence electrons. The number of nitrogens with one attached hydrogen (secondary N) is 1. The number of nitrogens with zero attached hydrogens (tertiary/aromatic N) is 6. The standard InChI is InChI=1S/C24H20FN7O/c25-19-12-16(13-26)6-7-21(19)29-23-18-14-32(10-8-20(18)27-15-28-23)11-9-22-30-31-24(33-22)17-4-2-1-3-5-17/h1-7,12,15H,8-11,14H2,(H,27,28,29). The molecule has 2 aromatic heterocycles. The van der Waals surface area contributed by atoms with Crippen molar-refractivity contribution >= 4 is 11.5 Å². The van der Waals surface area contributed by atoms with Crippen molar-refractivity contribution < 1.29 is 8.81 Å². The highest BCUT2D eigenvalue weighted by Gasteiger charge is 2.22. The summed E-state index contributed by atoms with van der Waals surface area (Å²) in [6.45, 7) is 2.19. The van der Waals surface area contributed by atoms with Gasteiger partial charge < -0.3 is 9.73 Å². The second kappa shape index (κ2) is 9.14. The Labute approximate surface area is 189 Å². The summed E-state index contributed by atoms with van der Waals surface area (Å²) < 4.78 is 20.2. The van der Waals surface area contributed by atoms with E-state index in [2.05, 4.69) is 30.4 Å². The van der Waals surface area contributed by atoms with E-state index in [1.54, 1.807) is 12.1 Å². The van der Waals surface area contributed by atoms with E-state index in [1.165, 1.54) is 12.4 Å². The van der Waals surface area contributed by atoms with E-state index in [9.17, 15) is 4.39 Å². The van der Waals surface area contributed by atoms with E-state index >= 15 is 0 Å². The highest BCUT2D eigenvalue weighted by atomic mass is 19.1. The molecule has 0 radical (unpaired) electrons. The first-order chi connectivity index (χ1) is 16.2. The molecule has 0 spiro atoms. The number of fused-ring (bicyclic) bond motifs is 1. The first kappa shape index (κ1) is 20.7. The van der Waals surface area contributed by atoms with Gasteiger partial charge in [0.05, 0.1) is 23.0 Å². The smallest absolute Gasteiger partial charge is 0.247 e. The van der Waals surface area contributed by atoms with Gasteiger partial charge in [-0.2, -0.15) is 5.26 Å². The molecule has 9 heteroatoms. The van der Waals surface area contributed by atoms with E-state index in [4.69, 9.17) is 9.68 Å². The van der Waals surface area contributed by atoms with E-state index in [0.29, 0.717) is 30.6 Å². The van der Waals surface area contributed by atoms with Gasteiger partial charge in [-0.05, 0) is 30.3 Å². The Hall–Kier alpha value is -4.16. The molecule has 0 fully saturated rings. The molecule has 33 heavy (non-hydrogen) atoms. The summed E-state index contributed by atoms with van der Waals surface area (Å²) in [6.07, 6.45) is 2.87. The lowest BCUT2D eigenvalue weighted by atomic mass is 10.1. The van der Waals surface area contributed by atoms with Gasteiger partial charge in [0.25, 0.3) is 0 Å². The number of nitriles is 1. The van der Waals surface area contributed by atoms with Crippen LogP contribution in [0.3, 0.4) is 0 Å². The highest BCUT2D eigenvalue weighted by Crippen LogP contribution is 2.27. The van der Waals surface area contributed by atoms with Gasteiger partial charge in [-0.3, -0.25) is 4.90 Å². The molecular formula is C24H20FN7O. The second-order valence-corrected chi connectivity index (χ2v) is 7.72. The van der Waals surface area contributed by atoms with E-state index in [1.807, 2.05) is 36.4 Å². The molecule has 0 aliphatic carbocycles. The van der Waals surface area contributed by atoms with Crippen LogP contribution in [-0.4, -0.2) is 38.2 Å². The van der Waals surface area contributed by atoms with Crippen LogP contribution in [0.5, 0.6) is 0 Å². The Kier molecular flexibility index (Phi) is 5.74. The van der Waals surface area contributed by atoms with Gasteiger partial charge >= 0.3 is 0 Å². The fraction of sp³-hybridized carbons (Fsp3) is 0.208. The minimum atomic E-state index is -0.500. The number of hydrogen-bond donors (Lipinski definition) is 1. The molecule has 8 nitrogen and oxygen atoms in total. The van der Waals surface area contributed by atoms with E-state index in [-0.39, 0.29) is 11.3 Å². The van der Waals surface area contributed by atoms with Crippen LogP contribution in [-0.2, 0) is 19.4 Å². The Bertz CT molecular complexity index is 1320. The largest absolute Gasteiger partial charge is 0.421 e. The molecule has 1 N–H and O–H groups in total. The van der Waals surface area contributed by atoms with Gasteiger partial charge in [0.2, 0.25) is 11.8 Å². The second-order valence-electron chi connectivity index (χ2n) is 7.72. The maximum Gasteiger partial charge on any atom is 0.247 e. The third-order valence-corrected chi connectivity index (χ3v) is 5.56. The van der Waals surface area contributed by atoms with Crippen LogP contribution in [0.25, 0.3) is 11.5 Å². The molecule has 0 bridgehead atoms. The summed E-state index contributed by atoms with van der Waals surface area (Å²) in [6, 6.07) is 15.9. The summed E-state index contributed by atoms with van der Waals surface area (Å²) in [4.78, 5) is 11.0. The van der Waals surface area contributed by atoms with Crippen LogP contribution in [0.2, 0.25) is 0 Å². The van der Waals surface area contributed by atoms with Gasteiger partial charge in [0.15, 0.2) is 0 Å². The van der Waals surface area contributed by atoms with Crippen molar-refractivity contribution in [2.45, 2.75) is 19.4 Å². The zero-order valence-corrected chi connectivity index (χ0v) is 17.7. The Morgan fingerprint density at radius 3 is 2.82 bits per heavy atom. The van der Waals surface area contributed by atoms with Crippen molar-refractivity contribution in [3.05, 3.63) is 83.4 Å². The number of anilines is 2. The van der Waals surface area contributed by atoms with Crippen molar-refractivity contribution in [2.24, 2.45) is 0 Å². The summed E-state index contributed by atoms with van der Waals surface area (Å²) in [7, 11) is 0. The SMILES string of the molecule is N#Cc1ccc(Nc2ncnc3c2CN(CCc2nnc(-c4ccccc4)o2)CC3)c(F)c1. The lowest BCUT2D eigenvalue weighted by molar-refractivity contribution is 0.248. The summed E-state index contributed by atoms with van der Waals surface area (Å²) in [5.41, 5.74) is 3.31. The number of halogens is 1. The molecule has 2 aromatic carbocycles. The molecular weight excluding hydrogens is 421 g/mol. The fourth-order valence-electron chi connectivity index (χ4n) is 3.82. The Morgan fingerprint density at radius 2 is 2.00 bits per heavy atom. The minimum Gasteiger partial charge on any atom is -0.421 e. The molecule has 0 unspecified atom stereocenters. The predicted octanol–water partition coefficient (Wildman–Crippen LogP) is 3.88. The average Bonchev–Trinajstić information content (AvgIpc) is 3.34. The number of rotatable bonds is 6. The number of benzene rings is 2. The third kappa shape index (κ3) is 4.56. The van der Waals surface area contributed by atoms with Crippen molar-refractivity contribution in [3.8, 4) is 17.5 Å². The molecule has 0 amide bonds. The Balaban J connectivity index is 1.27. The molecule has 1 aliphatic rings. The van der Waals surface area contributed by atoms with Crippen LogP contribution >= 0.6 is 0 Å². The maximum absolute atomic E-state index is 14.4. The maximum atomic E-state index is 14.4. The van der Waals surface area contributed by atoms with E-state index < -0.39 is 5.82 Å². The lowest BCUT2D eigenvalue weighted by Crippen LogP contribution is -2.33. The van der Waals surface area contributed by atoms with Crippen LogP contribution in [0.4, 0.5) is 15.9 Å². The average molecular weight is 441 g/mol. The van der Waals surface area contributed by atoms with Gasteiger partial charge in [-0.1, -0.05) is 18.2 Å². The first-order valence-corrected chi connectivity index (χ1v) is 10.6. The lowest BCUT2D eigenvalue weighted by Gasteiger charge is -2.28. The van der Waals surface area contributed by atoms with Gasteiger partial charge in [0.1, 0.15) is 18.0 Å². The first-order valence-electron chi connectivity index (χ1n) is 10.6. The fourth-order valence-corrected chi connectivity index (χ4v) is 3.82. The van der Waals surface area contributed by atoms with Gasteiger partial charge in [0, 0.05) is 43.6 Å². The van der Waals surface area contributed by atoms with Crippen LogP contribution in [0, 0.1) is 17.1 Å². The van der Waals surface area contributed by atoms with Crippen LogP contribution in [0.1, 0.15) is 22.7 Å². The zero-order chi connectivity index (χ0) is 22.6. The quantitative estimate of drug-likeness (QED) is 0.481. The molecule has 3 heterocycles. The van der Waals surface area contributed by atoms with Crippen molar-refractivity contribution in [2.75, 3.05) is 18.4 Å². The van der Waals surface area contributed by atoms with Gasteiger partial charge in [-0.15, -0.1) is 10.2 Å². The molecule has 0 saturated heterocycles. The topological polar surface area (TPSA) is 104 Å². The normalized spacial score (nSPS) is 13.3. The minimum absolute atomic E-state index is 0.269. The number of aromatic nitrogens is 4. The monoisotopic (exact) mass is 441 g/mol.